The molecule has 1 aliphatic rings. The van der Waals surface area contributed by atoms with Gasteiger partial charge in [0.25, 0.3) is 0 Å². The van der Waals surface area contributed by atoms with Crippen LogP contribution in [0.25, 0.3) is 10.2 Å². The number of fused-ring (bicyclic) bond motifs is 1. The number of aromatic nitrogens is 2. The molecule has 0 unspecified atom stereocenters. The summed E-state index contributed by atoms with van der Waals surface area (Å²) in [4.78, 5) is 29.3. The van der Waals surface area contributed by atoms with Gasteiger partial charge in [0, 0.05) is 36.5 Å². The lowest BCUT2D eigenvalue weighted by molar-refractivity contribution is -0.142. The molecular weight excluding hydrogens is 412 g/mol. The van der Waals surface area contributed by atoms with Gasteiger partial charge in [-0.2, -0.15) is 0 Å². The predicted octanol–water partition coefficient (Wildman–Crippen LogP) is 4.64. The van der Waals surface area contributed by atoms with Gasteiger partial charge in [0.05, 0.1) is 21.3 Å². The maximum Gasteiger partial charge on any atom is 0.306 e. The molecule has 7 heteroatoms. The summed E-state index contributed by atoms with van der Waals surface area (Å²) in [6.07, 6.45) is 4.01. The highest BCUT2D eigenvalue weighted by Gasteiger charge is 2.21. The van der Waals surface area contributed by atoms with Gasteiger partial charge in [-0.15, -0.1) is 11.3 Å². The quantitative estimate of drug-likeness (QED) is 0.358. The van der Waals surface area contributed by atoms with Crippen LogP contribution in [0.3, 0.4) is 0 Å². The van der Waals surface area contributed by atoms with E-state index in [2.05, 4.69) is 9.55 Å². The van der Waals surface area contributed by atoms with E-state index in [4.69, 9.17) is 9.47 Å². The highest BCUT2D eigenvalue weighted by molar-refractivity contribution is 7.18. The molecule has 164 valence electrons. The molecule has 31 heavy (non-hydrogen) atoms. The maximum absolute atomic E-state index is 12.6. The van der Waals surface area contributed by atoms with Gasteiger partial charge in [0.15, 0.2) is 6.61 Å². The van der Waals surface area contributed by atoms with Crippen LogP contribution in [0.4, 0.5) is 0 Å². The highest BCUT2D eigenvalue weighted by Crippen LogP contribution is 2.23. The van der Waals surface area contributed by atoms with Crippen molar-refractivity contribution in [1.29, 1.82) is 0 Å². The van der Waals surface area contributed by atoms with Crippen molar-refractivity contribution in [3.8, 4) is 0 Å². The summed E-state index contributed by atoms with van der Waals surface area (Å²) in [5, 5.41) is 1.02. The standard InChI is InChI=1S/C24H28N2O4S/c1-16-13-19(17(2)26(16)14-18-7-6-12-29-18)21(27)15-30-24(28)11-5-10-23-25-20-8-3-4-9-22(20)31-23/h3-4,8-9,13,18H,5-7,10-12,14-15H2,1-2H3/t18-/m1/s1. The summed E-state index contributed by atoms with van der Waals surface area (Å²) in [7, 11) is 0. The summed E-state index contributed by atoms with van der Waals surface area (Å²) in [6.45, 7) is 5.28. The molecule has 1 aliphatic heterocycles. The Kier molecular flexibility index (Phi) is 6.83. The van der Waals surface area contributed by atoms with Gasteiger partial charge in [0.2, 0.25) is 5.78 Å². The second-order valence-electron chi connectivity index (χ2n) is 8.04. The molecule has 1 aromatic carbocycles. The Morgan fingerprint density at radius 2 is 2.13 bits per heavy atom. The van der Waals surface area contributed by atoms with Crippen LogP contribution in [0.2, 0.25) is 0 Å². The number of thiazole rings is 1. The number of aryl methyl sites for hydroxylation is 2. The molecule has 2 aromatic heterocycles. The summed E-state index contributed by atoms with van der Waals surface area (Å²) in [5.41, 5.74) is 3.55. The summed E-state index contributed by atoms with van der Waals surface area (Å²) in [6, 6.07) is 9.90. The Morgan fingerprint density at radius 1 is 1.29 bits per heavy atom. The van der Waals surface area contributed by atoms with Gasteiger partial charge in [-0.1, -0.05) is 12.1 Å². The van der Waals surface area contributed by atoms with E-state index in [9.17, 15) is 9.59 Å². The number of ether oxygens (including phenoxy) is 2. The molecule has 0 saturated carbocycles. The number of hydrogen-bond acceptors (Lipinski definition) is 6. The lowest BCUT2D eigenvalue weighted by atomic mass is 10.1. The van der Waals surface area contributed by atoms with Crippen molar-refractivity contribution < 1.29 is 19.1 Å². The van der Waals surface area contributed by atoms with Crippen molar-refractivity contribution in [3.05, 3.63) is 52.3 Å². The van der Waals surface area contributed by atoms with Gasteiger partial charge in [-0.05, 0) is 57.7 Å². The zero-order valence-corrected chi connectivity index (χ0v) is 18.9. The number of nitrogens with zero attached hydrogens (tertiary/aromatic N) is 2. The number of ketones is 1. The zero-order valence-electron chi connectivity index (χ0n) is 18.1. The minimum Gasteiger partial charge on any atom is -0.457 e. The fraction of sp³-hybridized carbons (Fsp3) is 0.458. The van der Waals surface area contributed by atoms with Gasteiger partial charge in [-0.3, -0.25) is 9.59 Å². The fourth-order valence-electron chi connectivity index (χ4n) is 4.06. The van der Waals surface area contributed by atoms with Crippen LogP contribution in [-0.4, -0.2) is 40.6 Å². The van der Waals surface area contributed by atoms with Crippen LogP contribution < -0.4 is 0 Å². The Morgan fingerprint density at radius 3 is 2.90 bits per heavy atom. The van der Waals surface area contributed by atoms with Gasteiger partial charge >= 0.3 is 5.97 Å². The number of carbonyl (C=O) groups is 2. The normalized spacial score (nSPS) is 16.1. The average molecular weight is 441 g/mol. The van der Waals surface area contributed by atoms with Crippen LogP contribution in [0, 0.1) is 13.8 Å². The molecule has 6 nitrogen and oxygen atoms in total. The summed E-state index contributed by atoms with van der Waals surface area (Å²) >= 11 is 1.65. The zero-order chi connectivity index (χ0) is 21.8. The van der Waals surface area contributed by atoms with E-state index in [1.165, 1.54) is 0 Å². The first-order chi connectivity index (χ1) is 15.0. The second kappa shape index (κ2) is 9.75. The fourth-order valence-corrected chi connectivity index (χ4v) is 5.07. The van der Waals surface area contributed by atoms with E-state index >= 15 is 0 Å². The van der Waals surface area contributed by atoms with Crippen LogP contribution in [0.15, 0.2) is 30.3 Å². The molecular formula is C24H28N2O4S. The smallest absolute Gasteiger partial charge is 0.306 e. The van der Waals surface area contributed by atoms with Crippen molar-refractivity contribution in [3.63, 3.8) is 0 Å². The van der Waals surface area contributed by atoms with E-state index in [0.717, 1.165) is 59.0 Å². The number of rotatable bonds is 9. The average Bonchev–Trinajstić information content (AvgIpc) is 3.48. The molecule has 0 aliphatic carbocycles. The first-order valence-electron chi connectivity index (χ1n) is 10.8. The third-order valence-corrected chi connectivity index (χ3v) is 6.85. The highest BCUT2D eigenvalue weighted by atomic mass is 32.1. The third-order valence-electron chi connectivity index (χ3n) is 5.76. The van der Waals surface area contributed by atoms with E-state index in [1.807, 2.05) is 44.2 Å². The molecule has 0 amide bonds. The van der Waals surface area contributed by atoms with E-state index < -0.39 is 0 Å². The van der Waals surface area contributed by atoms with Crippen molar-refractivity contribution in [2.45, 2.75) is 58.6 Å². The predicted molar refractivity (Wildman–Crippen MR) is 121 cm³/mol. The van der Waals surface area contributed by atoms with E-state index in [1.54, 1.807) is 11.3 Å². The van der Waals surface area contributed by atoms with Crippen molar-refractivity contribution >= 4 is 33.3 Å². The SMILES string of the molecule is Cc1cc(C(=O)COC(=O)CCCc2nc3ccccc3s2)c(C)n1C[C@H]1CCCO1. The van der Waals surface area contributed by atoms with Crippen molar-refractivity contribution in [1.82, 2.24) is 9.55 Å². The molecule has 0 radical (unpaired) electrons. The topological polar surface area (TPSA) is 70.4 Å². The van der Waals surface area contributed by atoms with Crippen molar-refractivity contribution in [2.24, 2.45) is 0 Å². The number of esters is 1. The second-order valence-corrected chi connectivity index (χ2v) is 9.16. The van der Waals surface area contributed by atoms with E-state index in [0.29, 0.717) is 12.0 Å². The first kappa shape index (κ1) is 21.7. The molecule has 4 rings (SSSR count). The number of benzene rings is 1. The lowest BCUT2D eigenvalue weighted by Gasteiger charge is -2.14. The van der Waals surface area contributed by atoms with Crippen LogP contribution in [-0.2, 0) is 27.2 Å². The molecule has 0 N–H and O–H groups in total. The Bertz CT molecular complexity index is 1050. The monoisotopic (exact) mass is 440 g/mol. The van der Waals surface area contributed by atoms with Crippen LogP contribution in [0.1, 0.15) is 52.4 Å². The Hall–Kier alpha value is -2.51. The minimum atomic E-state index is -0.345. The summed E-state index contributed by atoms with van der Waals surface area (Å²) < 4.78 is 14.3. The van der Waals surface area contributed by atoms with E-state index in [-0.39, 0.29) is 30.9 Å². The van der Waals surface area contributed by atoms with Crippen LogP contribution >= 0.6 is 11.3 Å². The molecule has 1 fully saturated rings. The number of hydrogen-bond donors (Lipinski definition) is 0. The molecule has 0 bridgehead atoms. The number of para-hydroxylation sites is 1. The summed E-state index contributed by atoms with van der Waals surface area (Å²) in [5.74, 6) is -0.506. The molecule has 1 atom stereocenters. The minimum absolute atomic E-state index is 0.161. The number of carbonyl (C=O) groups excluding carboxylic acids is 2. The maximum atomic E-state index is 12.6. The first-order valence-corrected chi connectivity index (χ1v) is 11.6. The Balaban J connectivity index is 1.24. The molecule has 1 saturated heterocycles. The molecule has 0 spiro atoms. The molecule has 3 heterocycles. The Labute approximate surface area is 186 Å². The lowest BCUT2D eigenvalue weighted by Crippen LogP contribution is -2.18. The molecule has 3 aromatic rings. The van der Waals surface area contributed by atoms with Crippen LogP contribution in [0.5, 0.6) is 0 Å². The third kappa shape index (κ3) is 5.22. The van der Waals surface area contributed by atoms with Gasteiger partial charge < -0.3 is 14.0 Å². The van der Waals surface area contributed by atoms with Crippen molar-refractivity contribution in [2.75, 3.05) is 13.2 Å². The van der Waals surface area contributed by atoms with Gasteiger partial charge in [-0.25, -0.2) is 4.98 Å². The number of Topliss-reactive ketones (excluding diaryl/α,β-unsaturated/α-hetero) is 1. The van der Waals surface area contributed by atoms with Gasteiger partial charge in [0.1, 0.15) is 0 Å². The largest absolute Gasteiger partial charge is 0.457 e.